The molecule has 1 N–H and O–H groups in total. The van der Waals surface area contributed by atoms with Crippen LogP contribution in [-0.2, 0) is 18.0 Å². The summed E-state index contributed by atoms with van der Waals surface area (Å²) in [5.41, 5.74) is 3.47. The Morgan fingerprint density at radius 2 is 1.83 bits per heavy atom. The van der Waals surface area contributed by atoms with Crippen molar-refractivity contribution in [1.82, 2.24) is 9.80 Å². The van der Waals surface area contributed by atoms with Crippen LogP contribution in [0.5, 0.6) is 0 Å². The lowest BCUT2D eigenvalue weighted by Gasteiger charge is -2.35. The number of benzene rings is 1. The summed E-state index contributed by atoms with van der Waals surface area (Å²) in [6.45, 7) is 8.43. The number of rotatable bonds is 6. The Bertz CT molecular complexity index is 539. The van der Waals surface area contributed by atoms with Crippen molar-refractivity contribution in [3.63, 3.8) is 0 Å². The summed E-state index contributed by atoms with van der Waals surface area (Å²) in [5, 5.41) is 13.6. The van der Waals surface area contributed by atoms with Crippen LogP contribution in [0.1, 0.15) is 30.9 Å². The molecule has 0 radical (unpaired) electrons. The summed E-state index contributed by atoms with van der Waals surface area (Å²) in [7, 11) is 0. The zero-order chi connectivity index (χ0) is 16.1. The molecule has 0 aliphatic carbocycles. The lowest BCUT2D eigenvalue weighted by atomic mass is 10.1. The predicted molar refractivity (Wildman–Crippen MR) is 91.3 cm³/mol. The van der Waals surface area contributed by atoms with Gasteiger partial charge >= 0.3 is 0 Å². The average molecular weight is 317 g/mol. The Hall–Kier alpha value is -1.43. The normalized spacial score (nSPS) is 22.9. The quantitative estimate of drug-likeness (QED) is 0.870. The summed E-state index contributed by atoms with van der Waals surface area (Å²) >= 11 is 0. The molecule has 1 unspecified atom stereocenters. The van der Waals surface area contributed by atoms with Crippen molar-refractivity contribution in [2.24, 2.45) is 5.16 Å². The fourth-order valence-electron chi connectivity index (χ4n) is 3.32. The van der Waals surface area contributed by atoms with Gasteiger partial charge < -0.3 is 9.94 Å². The maximum absolute atomic E-state index is 9.44. The Kier molecular flexibility index (Phi) is 5.65. The van der Waals surface area contributed by atoms with Crippen LogP contribution >= 0.6 is 0 Å². The second kappa shape index (κ2) is 7.90. The molecule has 2 aliphatic rings. The van der Waals surface area contributed by atoms with Crippen LogP contribution < -0.4 is 0 Å². The highest BCUT2D eigenvalue weighted by Gasteiger charge is 2.25. The average Bonchev–Trinajstić information content (AvgIpc) is 3.05. The lowest BCUT2D eigenvalue weighted by molar-refractivity contribution is 0.0337. The Balaban J connectivity index is 1.44. The van der Waals surface area contributed by atoms with Crippen LogP contribution in [0.15, 0.2) is 29.4 Å². The van der Waals surface area contributed by atoms with Crippen molar-refractivity contribution in [2.45, 2.75) is 39.0 Å². The molecule has 2 heterocycles. The number of hydrogen-bond donors (Lipinski definition) is 1. The van der Waals surface area contributed by atoms with E-state index < -0.39 is 0 Å². The topological polar surface area (TPSA) is 48.3 Å². The zero-order valence-corrected chi connectivity index (χ0v) is 13.9. The number of hydrogen-bond acceptors (Lipinski definition) is 5. The van der Waals surface area contributed by atoms with Crippen LogP contribution in [0.25, 0.3) is 0 Å². The summed E-state index contributed by atoms with van der Waals surface area (Å²) in [6.07, 6.45) is 2.22. The van der Waals surface area contributed by atoms with Gasteiger partial charge in [-0.3, -0.25) is 9.80 Å². The molecule has 5 nitrogen and oxygen atoms in total. The van der Waals surface area contributed by atoms with Gasteiger partial charge in [-0.05, 0) is 17.5 Å². The monoisotopic (exact) mass is 317 g/mol. The summed E-state index contributed by atoms with van der Waals surface area (Å²) < 4.78 is 0. The third kappa shape index (κ3) is 4.31. The number of piperazine rings is 1. The smallest absolute Gasteiger partial charge is 0.145 e. The molecule has 126 valence electrons. The molecule has 23 heavy (non-hydrogen) atoms. The predicted octanol–water partition coefficient (Wildman–Crippen LogP) is 1.85. The van der Waals surface area contributed by atoms with Gasteiger partial charge in [-0.2, -0.15) is 0 Å². The van der Waals surface area contributed by atoms with Crippen molar-refractivity contribution < 1.29 is 9.94 Å². The van der Waals surface area contributed by atoms with E-state index in [1.807, 2.05) is 18.2 Å². The van der Waals surface area contributed by atoms with Crippen LogP contribution in [0.3, 0.4) is 0 Å². The molecule has 0 saturated carbocycles. The van der Waals surface area contributed by atoms with E-state index in [1.165, 1.54) is 11.3 Å². The Labute approximate surface area is 138 Å². The fourth-order valence-corrected chi connectivity index (χ4v) is 3.32. The molecule has 0 aromatic heterocycles. The van der Waals surface area contributed by atoms with E-state index in [-0.39, 0.29) is 12.7 Å². The lowest BCUT2D eigenvalue weighted by Crippen LogP contribution is -2.48. The van der Waals surface area contributed by atoms with Gasteiger partial charge in [0.15, 0.2) is 0 Å². The SMILES string of the molecule is CCC1=NOC(CN2CCN(Cc3ccccc3CO)CC2)C1. The molecule has 5 heteroatoms. The first-order chi connectivity index (χ1) is 11.3. The van der Waals surface area contributed by atoms with Gasteiger partial charge in [0, 0.05) is 45.7 Å². The number of aliphatic hydroxyl groups excluding tert-OH is 1. The van der Waals surface area contributed by atoms with Gasteiger partial charge in [0.25, 0.3) is 0 Å². The number of nitrogens with zero attached hydrogens (tertiary/aromatic N) is 3. The van der Waals surface area contributed by atoms with Gasteiger partial charge in [-0.25, -0.2) is 0 Å². The van der Waals surface area contributed by atoms with Crippen LogP contribution in [0.4, 0.5) is 0 Å². The maximum atomic E-state index is 9.44. The molecule has 1 saturated heterocycles. The molecule has 1 aromatic carbocycles. The third-order valence-corrected chi connectivity index (χ3v) is 4.81. The van der Waals surface area contributed by atoms with E-state index in [0.717, 1.165) is 57.7 Å². The van der Waals surface area contributed by atoms with E-state index in [1.54, 1.807) is 0 Å². The molecule has 0 amide bonds. The third-order valence-electron chi connectivity index (χ3n) is 4.81. The first-order valence-electron chi connectivity index (χ1n) is 8.62. The molecule has 0 bridgehead atoms. The molecule has 1 aromatic rings. The molecular weight excluding hydrogens is 290 g/mol. The van der Waals surface area contributed by atoms with Gasteiger partial charge in [-0.15, -0.1) is 0 Å². The minimum Gasteiger partial charge on any atom is -0.392 e. The highest BCUT2D eigenvalue weighted by atomic mass is 16.6. The van der Waals surface area contributed by atoms with E-state index >= 15 is 0 Å². The summed E-state index contributed by atoms with van der Waals surface area (Å²) in [5.74, 6) is 0. The molecule has 3 rings (SSSR count). The van der Waals surface area contributed by atoms with E-state index in [9.17, 15) is 5.11 Å². The van der Waals surface area contributed by atoms with Crippen LogP contribution in [0, 0.1) is 0 Å². The van der Waals surface area contributed by atoms with Crippen molar-refractivity contribution in [1.29, 1.82) is 0 Å². The van der Waals surface area contributed by atoms with Crippen LogP contribution in [0.2, 0.25) is 0 Å². The first kappa shape index (κ1) is 16.4. The second-order valence-corrected chi connectivity index (χ2v) is 6.45. The molecule has 1 fully saturated rings. The molecular formula is C18H27N3O2. The standard InChI is InChI=1S/C18H27N3O2/c1-2-17-11-18(23-19-17)13-21-9-7-20(8-10-21)12-15-5-3-4-6-16(15)14-22/h3-6,18,22H,2,7-14H2,1H3. The molecule has 2 aliphatic heterocycles. The van der Waals surface area contributed by atoms with Crippen molar-refractivity contribution >= 4 is 5.71 Å². The van der Waals surface area contributed by atoms with Gasteiger partial charge in [0.05, 0.1) is 12.3 Å². The minimum absolute atomic E-state index is 0.120. The summed E-state index contributed by atoms with van der Waals surface area (Å²) in [6, 6.07) is 8.16. The largest absolute Gasteiger partial charge is 0.392 e. The van der Waals surface area contributed by atoms with E-state index in [2.05, 4.69) is 27.9 Å². The zero-order valence-electron chi connectivity index (χ0n) is 13.9. The highest BCUT2D eigenvalue weighted by Crippen LogP contribution is 2.17. The molecule has 0 spiro atoms. The van der Waals surface area contributed by atoms with Crippen molar-refractivity contribution in [3.8, 4) is 0 Å². The van der Waals surface area contributed by atoms with Crippen molar-refractivity contribution in [3.05, 3.63) is 35.4 Å². The Morgan fingerprint density at radius 3 is 2.48 bits per heavy atom. The number of oxime groups is 1. The van der Waals surface area contributed by atoms with Crippen molar-refractivity contribution in [2.75, 3.05) is 32.7 Å². The van der Waals surface area contributed by atoms with Crippen LogP contribution in [-0.4, -0.2) is 59.4 Å². The van der Waals surface area contributed by atoms with E-state index in [0.29, 0.717) is 0 Å². The van der Waals surface area contributed by atoms with Gasteiger partial charge in [0.1, 0.15) is 6.10 Å². The summed E-state index contributed by atoms with van der Waals surface area (Å²) in [4.78, 5) is 10.5. The maximum Gasteiger partial charge on any atom is 0.145 e. The number of aliphatic hydroxyl groups is 1. The highest BCUT2D eigenvalue weighted by molar-refractivity contribution is 5.85. The molecule has 1 atom stereocenters. The Morgan fingerprint density at radius 1 is 1.13 bits per heavy atom. The first-order valence-corrected chi connectivity index (χ1v) is 8.62. The van der Waals surface area contributed by atoms with E-state index in [4.69, 9.17) is 4.84 Å². The van der Waals surface area contributed by atoms with Gasteiger partial charge in [0.2, 0.25) is 0 Å². The second-order valence-electron chi connectivity index (χ2n) is 6.45. The fraction of sp³-hybridized carbons (Fsp3) is 0.611. The van der Waals surface area contributed by atoms with Gasteiger partial charge in [-0.1, -0.05) is 36.3 Å². The minimum atomic E-state index is 0.120.